The quantitative estimate of drug-likeness (QED) is 0.865. The van der Waals surface area contributed by atoms with Crippen LogP contribution in [-0.4, -0.2) is 16.1 Å². The molecule has 2 aromatic rings. The lowest BCUT2D eigenvalue weighted by molar-refractivity contribution is 0.0690. The number of pyridine rings is 1. The number of carboxylic acid groups (broad SMARTS) is 1. The molecule has 1 heterocycles. The van der Waals surface area contributed by atoms with Crippen LogP contribution >= 0.6 is 0 Å². The summed E-state index contributed by atoms with van der Waals surface area (Å²) in [6.07, 6.45) is 1.53. The summed E-state index contributed by atoms with van der Waals surface area (Å²) in [5.41, 5.74) is 3.29. The fraction of sp³-hybridized carbons (Fsp3) is 0.143. The van der Waals surface area contributed by atoms with Crippen molar-refractivity contribution in [3.05, 3.63) is 59.4 Å². The highest BCUT2D eigenvalue weighted by molar-refractivity contribution is 5.85. The molecular weight excluding hydrogens is 228 g/mol. The van der Waals surface area contributed by atoms with E-state index in [0.29, 0.717) is 6.54 Å². The van der Waals surface area contributed by atoms with Gasteiger partial charge in [0.15, 0.2) is 0 Å². The minimum atomic E-state index is -1.01. The molecule has 0 unspecified atom stereocenters. The van der Waals surface area contributed by atoms with Gasteiger partial charge < -0.3 is 10.4 Å². The van der Waals surface area contributed by atoms with Crippen molar-refractivity contribution in [2.24, 2.45) is 0 Å². The van der Waals surface area contributed by atoms with Gasteiger partial charge in [0.25, 0.3) is 0 Å². The van der Waals surface area contributed by atoms with E-state index >= 15 is 0 Å². The first-order chi connectivity index (χ1) is 8.66. The minimum Gasteiger partial charge on any atom is -0.477 e. The van der Waals surface area contributed by atoms with Crippen LogP contribution in [0, 0.1) is 6.92 Å². The lowest BCUT2D eigenvalue weighted by atomic mass is 10.1. The van der Waals surface area contributed by atoms with E-state index in [9.17, 15) is 4.79 Å². The maximum Gasteiger partial charge on any atom is 0.354 e. The van der Waals surface area contributed by atoms with Crippen LogP contribution in [0.2, 0.25) is 0 Å². The molecule has 0 amide bonds. The third kappa shape index (κ3) is 2.85. The van der Waals surface area contributed by atoms with E-state index in [2.05, 4.69) is 29.4 Å². The molecule has 18 heavy (non-hydrogen) atoms. The van der Waals surface area contributed by atoms with Crippen molar-refractivity contribution in [2.75, 3.05) is 5.32 Å². The van der Waals surface area contributed by atoms with E-state index in [-0.39, 0.29) is 5.69 Å². The molecule has 0 spiro atoms. The highest BCUT2D eigenvalue weighted by atomic mass is 16.4. The first-order valence-corrected chi connectivity index (χ1v) is 5.64. The van der Waals surface area contributed by atoms with Crippen molar-refractivity contribution in [1.82, 2.24) is 4.98 Å². The Hall–Kier alpha value is -2.36. The summed E-state index contributed by atoms with van der Waals surface area (Å²) in [5, 5.41) is 11.9. The first-order valence-electron chi connectivity index (χ1n) is 5.64. The predicted molar refractivity (Wildman–Crippen MR) is 69.7 cm³/mol. The molecule has 4 nitrogen and oxygen atoms in total. The fourth-order valence-corrected chi connectivity index (χ4v) is 1.63. The van der Waals surface area contributed by atoms with E-state index in [1.54, 1.807) is 6.07 Å². The summed E-state index contributed by atoms with van der Waals surface area (Å²) in [5.74, 6) is -1.01. The zero-order valence-electron chi connectivity index (χ0n) is 10.1. The molecule has 2 rings (SSSR count). The molecule has 0 saturated heterocycles. The van der Waals surface area contributed by atoms with E-state index in [1.807, 2.05) is 12.1 Å². The number of anilines is 1. The molecule has 1 aromatic heterocycles. The second kappa shape index (κ2) is 5.31. The summed E-state index contributed by atoms with van der Waals surface area (Å²) in [7, 11) is 0. The van der Waals surface area contributed by atoms with Gasteiger partial charge in [0.05, 0.1) is 11.9 Å². The summed E-state index contributed by atoms with van der Waals surface area (Å²) < 4.78 is 0. The molecule has 2 N–H and O–H groups in total. The van der Waals surface area contributed by atoms with Crippen molar-refractivity contribution in [3.8, 4) is 0 Å². The molecule has 0 aliphatic carbocycles. The van der Waals surface area contributed by atoms with Crippen LogP contribution in [0.25, 0.3) is 0 Å². The van der Waals surface area contributed by atoms with Gasteiger partial charge in [-0.15, -0.1) is 0 Å². The number of aromatic nitrogens is 1. The standard InChI is InChI=1S/C14H14N2O2/c1-10-4-2-3-5-11(10)8-15-12-6-7-13(14(17)18)16-9-12/h2-7,9,15H,8H2,1H3,(H,17,18). The molecule has 0 bridgehead atoms. The Morgan fingerprint density at radius 2 is 2.06 bits per heavy atom. The van der Waals surface area contributed by atoms with Crippen molar-refractivity contribution < 1.29 is 9.90 Å². The van der Waals surface area contributed by atoms with Crippen molar-refractivity contribution in [3.63, 3.8) is 0 Å². The average Bonchev–Trinajstić information content (AvgIpc) is 2.38. The third-order valence-corrected chi connectivity index (χ3v) is 2.73. The Bertz CT molecular complexity index is 550. The van der Waals surface area contributed by atoms with E-state index in [0.717, 1.165) is 5.69 Å². The normalized spacial score (nSPS) is 10.1. The molecule has 0 atom stereocenters. The van der Waals surface area contributed by atoms with Crippen LogP contribution in [-0.2, 0) is 6.54 Å². The summed E-state index contributed by atoms with van der Waals surface area (Å²) in [6.45, 7) is 2.75. The molecule has 0 radical (unpaired) electrons. The fourth-order valence-electron chi connectivity index (χ4n) is 1.63. The summed E-state index contributed by atoms with van der Waals surface area (Å²) >= 11 is 0. The second-order valence-electron chi connectivity index (χ2n) is 4.02. The van der Waals surface area contributed by atoms with E-state index in [1.165, 1.54) is 23.4 Å². The predicted octanol–water partition coefficient (Wildman–Crippen LogP) is 2.70. The number of aryl methyl sites for hydroxylation is 1. The van der Waals surface area contributed by atoms with Gasteiger partial charge in [0, 0.05) is 6.54 Å². The third-order valence-electron chi connectivity index (χ3n) is 2.73. The maximum absolute atomic E-state index is 10.7. The zero-order chi connectivity index (χ0) is 13.0. The molecule has 0 fully saturated rings. The maximum atomic E-state index is 10.7. The monoisotopic (exact) mass is 242 g/mol. The van der Waals surface area contributed by atoms with Gasteiger partial charge in [0.1, 0.15) is 5.69 Å². The highest BCUT2D eigenvalue weighted by Gasteiger charge is 2.03. The number of nitrogens with one attached hydrogen (secondary N) is 1. The number of rotatable bonds is 4. The SMILES string of the molecule is Cc1ccccc1CNc1ccc(C(=O)O)nc1. The molecule has 4 heteroatoms. The molecule has 0 saturated carbocycles. The Morgan fingerprint density at radius 3 is 2.67 bits per heavy atom. The molecule has 0 aliphatic heterocycles. The van der Waals surface area contributed by atoms with Crippen molar-refractivity contribution in [1.29, 1.82) is 0 Å². The Labute approximate surface area is 105 Å². The lowest BCUT2D eigenvalue weighted by Gasteiger charge is -2.08. The van der Waals surface area contributed by atoms with Crippen LogP contribution < -0.4 is 5.32 Å². The average molecular weight is 242 g/mol. The topological polar surface area (TPSA) is 62.2 Å². The molecule has 92 valence electrons. The minimum absolute atomic E-state index is 0.0523. The Morgan fingerprint density at radius 1 is 1.28 bits per heavy atom. The van der Waals surface area contributed by atoms with Crippen LogP contribution in [0.4, 0.5) is 5.69 Å². The van der Waals surface area contributed by atoms with Gasteiger partial charge in [-0.25, -0.2) is 9.78 Å². The number of hydrogen-bond acceptors (Lipinski definition) is 3. The Balaban J connectivity index is 2.02. The molecule has 1 aromatic carbocycles. The molecular formula is C14H14N2O2. The smallest absolute Gasteiger partial charge is 0.354 e. The van der Waals surface area contributed by atoms with Crippen LogP contribution in [0.1, 0.15) is 21.6 Å². The van der Waals surface area contributed by atoms with Crippen LogP contribution in [0.15, 0.2) is 42.6 Å². The van der Waals surface area contributed by atoms with Crippen molar-refractivity contribution >= 4 is 11.7 Å². The number of hydrogen-bond donors (Lipinski definition) is 2. The van der Waals surface area contributed by atoms with Gasteiger partial charge in [0.2, 0.25) is 0 Å². The van der Waals surface area contributed by atoms with Gasteiger partial charge in [-0.05, 0) is 30.2 Å². The number of aromatic carboxylic acids is 1. The Kier molecular flexibility index (Phi) is 3.57. The number of benzene rings is 1. The highest BCUT2D eigenvalue weighted by Crippen LogP contribution is 2.11. The van der Waals surface area contributed by atoms with E-state index < -0.39 is 5.97 Å². The van der Waals surface area contributed by atoms with Crippen LogP contribution in [0.5, 0.6) is 0 Å². The van der Waals surface area contributed by atoms with E-state index in [4.69, 9.17) is 5.11 Å². The second-order valence-corrected chi connectivity index (χ2v) is 4.02. The van der Waals surface area contributed by atoms with Gasteiger partial charge in [-0.1, -0.05) is 24.3 Å². The first kappa shape index (κ1) is 12.1. The number of nitrogens with zero attached hydrogens (tertiary/aromatic N) is 1. The largest absolute Gasteiger partial charge is 0.477 e. The van der Waals surface area contributed by atoms with Crippen LogP contribution in [0.3, 0.4) is 0 Å². The summed E-state index contributed by atoms with van der Waals surface area (Å²) in [4.78, 5) is 14.5. The van der Waals surface area contributed by atoms with Gasteiger partial charge >= 0.3 is 5.97 Å². The summed E-state index contributed by atoms with van der Waals surface area (Å²) in [6, 6.07) is 11.3. The lowest BCUT2D eigenvalue weighted by Crippen LogP contribution is -2.04. The van der Waals surface area contributed by atoms with Gasteiger partial charge in [-0.2, -0.15) is 0 Å². The zero-order valence-corrected chi connectivity index (χ0v) is 10.1. The van der Waals surface area contributed by atoms with Gasteiger partial charge in [-0.3, -0.25) is 0 Å². The molecule has 0 aliphatic rings. The number of carboxylic acids is 1. The van der Waals surface area contributed by atoms with Crippen molar-refractivity contribution in [2.45, 2.75) is 13.5 Å². The number of carbonyl (C=O) groups is 1.